The minimum atomic E-state index is -1.33. The fraction of sp³-hybridized carbons (Fsp3) is 0.286. The minimum Gasteiger partial charge on any atom is -0.341 e. The zero-order valence-electron chi connectivity index (χ0n) is 16.1. The zero-order chi connectivity index (χ0) is 23.2. The number of anilines is 1. The molecule has 0 aromatic heterocycles. The second kappa shape index (κ2) is 9.24. The molecule has 1 heterocycles. The van der Waals surface area contributed by atoms with E-state index in [9.17, 15) is 14.4 Å². The van der Waals surface area contributed by atoms with Gasteiger partial charge in [0, 0.05) is 27.4 Å². The molecule has 1 aliphatic heterocycles. The highest BCUT2D eigenvalue weighted by atomic mass is 35.5. The van der Waals surface area contributed by atoms with Crippen molar-refractivity contribution in [2.45, 2.75) is 22.7 Å². The Hall–Kier alpha value is -1.15. The highest BCUT2D eigenvalue weighted by Crippen LogP contribution is 2.65. The summed E-state index contributed by atoms with van der Waals surface area (Å²) < 4.78 is -1.33. The fourth-order valence-electron chi connectivity index (χ4n) is 3.68. The summed E-state index contributed by atoms with van der Waals surface area (Å²) in [6.07, 6.45) is 0.563. The van der Waals surface area contributed by atoms with Crippen molar-refractivity contribution in [3.63, 3.8) is 0 Å². The highest BCUT2D eigenvalue weighted by Gasteiger charge is 2.67. The summed E-state index contributed by atoms with van der Waals surface area (Å²) in [5.41, 5.74) is 1.14. The molecule has 2 aromatic carbocycles. The number of hydrogen-bond acceptors (Lipinski definition) is 4. The van der Waals surface area contributed by atoms with Crippen LogP contribution in [0.3, 0.4) is 0 Å². The smallest absolute Gasteiger partial charge is 0.253 e. The average molecular weight is 553 g/mol. The Morgan fingerprint density at radius 3 is 2.34 bits per heavy atom. The van der Waals surface area contributed by atoms with Gasteiger partial charge in [0.1, 0.15) is 4.33 Å². The van der Waals surface area contributed by atoms with Crippen LogP contribution in [0.1, 0.15) is 28.3 Å². The molecule has 0 bridgehead atoms. The van der Waals surface area contributed by atoms with E-state index in [0.717, 1.165) is 0 Å². The molecule has 2 amide bonds. The van der Waals surface area contributed by atoms with Gasteiger partial charge in [-0.15, -0.1) is 23.2 Å². The molecular formula is C21H15Cl5N2O3S. The van der Waals surface area contributed by atoms with Crippen molar-refractivity contribution in [1.82, 2.24) is 5.32 Å². The standard InChI is InChI=1S/C21H15Cl5N2O3S/c22-10-5-9(6-11(23)7-10)16-17(21(16,25)26)19(30)27-12-1-2-14(24)13(8-12)18(29)28-15-3-4-32-20(15)31/h1-2,5-8,15-17H,3-4H2,(H,27,30)(H,28,29)/t15?,16-,17+/m0/s1. The third kappa shape index (κ3) is 4.86. The molecule has 5 nitrogen and oxygen atoms in total. The normalized spacial score (nSPS) is 23.7. The quantitative estimate of drug-likeness (QED) is 0.451. The topological polar surface area (TPSA) is 75.3 Å². The molecule has 3 atom stereocenters. The van der Waals surface area contributed by atoms with Gasteiger partial charge in [-0.25, -0.2) is 0 Å². The molecule has 168 valence electrons. The first-order chi connectivity index (χ1) is 15.1. The van der Waals surface area contributed by atoms with Gasteiger partial charge in [0.25, 0.3) is 5.91 Å². The van der Waals surface area contributed by atoms with Crippen LogP contribution in [0.4, 0.5) is 5.69 Å². The molecule has 2 aliphatic rings. The molecule has 2 fully saturated rings. The van der Waals surface area contributed by atoms with Crippen LogP contribution in [-0.4, -0.2) is 33.1 Å². The Bertz CT molecular complexity index is 1110. The summed E-state index contributed by atoms with van der Waals surface area (Å²) in [5.74, 6) is -1.50. The molecule has 0 radical (unpaired) electrons. The lowest BCUT2D eigenvalue weighted by Crippen LogP contribution is -2.37. The van der Waals surface area contributed by atoms with E-state index < -0.39 is 34.0 Å². The monoisotopic (exact) mass is 550 g/mol. The van der Waals surface area contributed by atoms with Gasteiger partial charge < -0.3 is 10.6 Å². The molecule has 11 heteroatoms. The van der Waals surface area contributed by atoms with Crippen LogP contribution >= 0.6 is 69.8 Å². The minimum absolute atomic E-state index is 0.0830. The van der Waals surface area contributed by atoms with Gasteiger partial charge >= 0.3 is 0 Å². The van der Waals surface area contributed by atoms with E-state index >= 15 is 0 Å². The van der Waals surface area contributed by atoms with Gasteiger partial charge in [0.15, 0.2) is 0 Å². The van der Waals surface area contributed by atoms with Gasteiger partial charge in [0.2, 0.25) is 11.0 Å². The first-order valence-electron chi connectivity index (χ1n) is 9.49. The molecule has 2 N–H and O–H groups in total. The highest BCUT2D eigenvalue weighted by molar-refractivity contribution is 8.14. The molecule has 4 rings (SSSR count). The van der Waals surface area contributed by atoms with Gasteiger partial charge in [-0.1, -0.05) is 46.6 Å². The Labute approximate surface area is 213 Å². The number of hydrogen-bond donors (Lipinski definition) is 2. The van der Waals surface area contributed by atoms with Gasteiger partial charge in [-0.05, 0) is 48.4 Å². The maximum absolute atomic E-state index is 12.9. The van der Waals surface area contributed by atoms with E-state index in [1.807, 2.05) is 0 Å². The van der Waals surface area contributed by atoms with E-state index in [-0.39, 0.29) is 15.7 Å². The van der Waals surface area contributed by atoms with Crippen molar-refractivity contribution in [2.75, 3.05) is 11.1 Å². The molecular weight excluding hydrogens is 538 g/mol. The van der Waals surface area contributed by atoms with Gasteiger partial charge in [0.05, 0.1) is 22.5 Å². The zero-order valence-corrected chi connectivity index (χ0v) is 20.7. The van der Waals surface area contributed by atoms with Crippen LogP contribution in [0.15, 0.2) is 36.4 Å². The lowest BCUT2D eigenvalue weighted by atomic mass is 10.1. The van der Waals surface area contributed by atoms with E-state index in [0.29, 0.717) is 33.5 Å². The van der Waals surface area contributed by atoms with Crippen molar-refractivity contribution in [1.29, 1.82) is 0 Å². The maximum atomic E-state index is 12.9. The second-order valence-electron chi connectivity index (χ2n) is 7.50. The Morgan fingerprint density at radius 1 is 1.03 bits per heavy atom. The van der Waals surface area contributed by atoms with Crippen molar-refractivity contribution < 1.29 is 14.4 Å². The first-order valence-corrected chi connectivity index (χ1v) is 12.4. The Kier molecular flexibility index (Phi) is 6.93. The third-order valence-electron chi connectivity index (χ3n) is 5.30. The largest absolute Gasteiger partial charge is 0.341 e. The first kappa shape index (κ1) is 24.0. The van der Waals surface area contributed by atoms with E-state index in [2.05, 4.69) is 10.6 Å². The molecule has 1 saturated carbocycles. The van der Waals surface area contributed by atoms with Crippen LogP contribution in [0, 0.1) is 5.92 Å². The number of alkyl halides is 2. The number of nitrogens with one attached hydrogen (secondary N) is 2. The number of carbonyl (C=O) groups excluding carboxylic acids is 3. The Balaban J connectivity index is 1.49. The summed E-state index contributed by atoms with van der Waals surface area (Å²) in [7, 11) is 0. The predicted molar refractivity (Wildman–Crippen MR) is 131 cm³/mol. The summed E-state index contributed by atoms with van der Waals surface area (Å²) in [6.45, 7) is 0. The molecule has 32 heavy (non-hydrogen) atoms. The van der Waals surface area contributed by atoms with Crippen LogP contribution in [-0.2, 0) is 9.59 Å². The lowest BCUT2D eigenvalue weighted by Gasteiger charge is -2.13. The molecule has 1 aliphatic carbocycles. The van der Waals surface area contributed by atoms with Crippen LogP contribution in [0.5, 0.6) is 0 Å². The number of benzene rings is 2. The maximum Gasteiger partial charge on any atom is 0.253 e. The lowest BCUT2D eigenvalue weighted by molar-refractivity contribution is -0.117. The Morgan fingerprint density at radius 2 is 1.72 bits per heavy atom. The van der Waals surface area contributed by atoms with E-state index in [4.69, 9.17) is 58.0 Å². The van der Waals surface area contributed by atoms with Crippen LogP contribution in [0.2, 0.25) is 15.1 Å². The van der Waals surface area contributed by atoms with E-state index in [1.165, 1.54) is 23.9 Å². The van der Waals surface area contributed by atoms with E-state index in [1.54, 1.807) is 24.3 Å². The second-order valence-corrected chi connectivity index (χ2v) is 11.3. The molecule has 0 spiro atoms. The average Bonchev–Trinajstić information content (AvgIpc) is 3.07. The summed E-state index contributed by atoms with van der Waals surface area (Å²) in [6, 6.07) is 8.85. The predicted octanol–water partition coefficient (Wildman–Crippen LogP) is 5.93. The third-order valence-corrected chi connectivity index (χ3v) is 8.01. The molecule has 1 saturated heterocycles. The molecule has 2 aromatic rings. The number of carbonyl (C=O) groups is 3. The van der Waals surface area contributed by atoms with Crippen LogP contribution in [0.25, 0.3) is 0 Å². The van der Waals surface area contributed by atoms with Crippen molar-refractivity contribution in [3.05, 3.63) is 62.6 Å². The number of thioether (sulfide) groups is 1. The van der Waals surface area contributed by atoms with Crippen molar-refractivity contribution >= 4 is 92.4 Å². The number of halogens is 5. The van der Waals surface area contributed by atoms with Gasteiger partial charge in [-0.3, -0.25) is 14.4 Å². The summed E-state index contributed by atoms with van der Waals surface area (Å²) in [4.78, 5) is 37.3. The number of rotatable bonds is 5. The molecule has 1 unspecified atom stereocenters. The summed E-state index contributed by atoms with van der Waals surface area (Å²) >= 11 is 32.3. The summed E-state index contributed by atoms with van der Waals surface area (Å²) in [5, 5.41) is 6.35. The number of amides is 2. The van der Waals surface area contributed by atoms with Crippen LogP contribution < -0.4 is 10.6 Å². The van der Waals surface area contributed by atoms with Gasteiger partial charge in [-0.2, -0.15) is 0 Å². The SMILES string of the molecule is O=C(NC1CCSC1=O)c1cc(NC(=O)[C@H]2[C@H](c3cc(Cl)cc(Cl)c3)C2(Cl)Cl)ccc1Cl. The van der Waals surface area contributed by atoms with Crippen molar-refractivity contribution in [2.24, 2.45) is 5.92 Å². The fourth-order valence-corrected chi connectivity index (χ4v) is 6.19. The van der Waals surface area contributed by atoms with Crippen molar-refractivity contribution in [3.8, 4) is 0 Å².